The van der Waals surface area contributed by atoms with Crippen molar-refractivity contribution in [1.29, 1.82) is 0 Å². The van der Waals surface area contributed by atoms with Crippen molar-refractivity contribution in [2.75, 3.05) is 19.7 Å². The number of hydrogen-bond acceptors (Lipinski definition) is 4. The molecule has 0 radical (unpaired) electrons. The molecule has 0 bridgehead atoms. The van der Waals surface area contributed by atoms with Crippen LogP contribution in [0.25, 0.3) is 0 Å². The van der Waals surface area contributed by atoms with Crippen LogP contribution in [0.5, 0.6) is 5.88 Å². The van der Waals surface area contributed by atoms with Gasteiger partial charge in [0.1, 0.15) is 0 Å². The number of halogens is 3. The SMILES string of the molecule is CC1(C(=O)O)CCCN(C(=O)c2ccnc(OCC(F)(F)F)c2)C1. The highest BCUT2D eigenvalue weighted by molar-refractivity contribution is 5.95. The van der Waals surface area contributed by atoms with Gasteiger partial charge >= 0.3 is 12.1 Å². The van der Waals surface area contributed by atoms with Gasteiger partial charge in [-0.05, 0) is 25.8 Å². The van der Waals surface area contributed by atoms with E-state index in [0.29, 0.717) is 19.4 Å². The van der Waals surface area contributed by atoms with Gasteiger partial charge in [0, 0.05) is 30.9 Å². The number of carbonyl (C=O) groups excluding carboxylic acids is 1. The monoisotopic (exact) mass is 346 g/mol. The Balaban J connectivity index is 2.11. The first kappa shape index (κ1) is 18.0. The van der Waals surface area contributed by atoms with Gasteiger partial charge in [-0.3, -0.25) is 9.59 Å². The molecule has 2 rings (SSSR count). The fraction of sp³-hybridized carbons (Fsp3) is 0.533. The van der Waals surface area contributed by atoms with Crippen molar-refractivity contribution < 1.29 is 32.6 Å². The topological polar surface area (TPSA) is 79.7 Å². The summed E-state index contributed by atoms with van der Waals surface area (Å²) in [5.41, 5.74) is -0.923. The normalized spacial score (nSPS) is 21.4. The number of alkyl halides is 3. The highest BCUT2D eigenvalue weighted by Gasteiger charge is 2.39. The minimum Gasteiger partial charge on any atom is -0.481 e. The summed E-state index contributed by atoms with van der Waals surface area (Å²) in [6.45, 7) is 0.503. The number of piperidine rings is 1. The average molecular weight is 346 g/mol. The van der Waals surface area contributed by atoms with E-state index in [1.165, 1.54) is 17.2 Å². The highest BCUT2D eigenvalue weighted by atomic mass is 19.4. The molecule has 1 fully saturated rings. The molecule has 1 saturated heterocycles. The average Bonchev–Trinajstić information content (AvgIpc) is 2.52. The number of carboxylic acid groups (broad SMARTS) is 1. The van der Waals surface area contributed by atoms with Crippen LogP contribution in [0, 0.1) is 5.41 Å². The van der Waals surface area contributed by atoms with Gasteiger partial charge in [0.2, 0.25) is 5.88 Å². The summed E-state index contributed by atoms with van der Waals surface area (Å²) in [5.74, 6) is -1.75. The lowest BCUT2D eigenvalue weighted by Crippen LogP contribution is -2.48. The van der Waals surface area contributed by atoms with E-state index < -0.39 is 30.1 Å². The number of ether oxygens (including phenoxy) is 1. The Bertz CT molecular complexity index is 635. The van der Waals surface area contributed by atoms with Crippen molar-refractivity contribution in [3.05, 3.63) is 23.9 Å². The lowest BCUT2D eigenvalue weighted by atomic mass is 9.82. The van der Waals surface area contributed by atoms with E-state index in [0.717, 1.165) is 6.07 Å². The van der Waals surface area contributed by atoms with Gasteiger partial charge in [-0.15, -0.1) is 0 Å². The minimum absolute atomic E-state index is 0.0439. The van der Waals surface area contributed by atoms with E-state index >= 15 is 0 Å². The van der Waals surface area contributed by atoms with Crippen molar-refractivity contribution in [2.24, 2.45) is 5.41 Å². The summed E-state index contributed by atoms with van der Waals surface area (Å²) in [7, 11) is 0. The van der Waals surface area contributed by atoms with Crippen LogP contribution in [-0.2, 0) is 4.79 Å². The van der Waals surface area contributed by atoms with E-state index in [9.17, 15) is 27.9 Å². The Morgan fingerprint density at radius 2 is 2.17 bits per heavy atom. The Hall–Kier alpha value is -2.32. The van der Waals surface area contributed by atoms with Crippen LogP contribution in [0.1, 0.15) is 30.1 Å². The zero-order valence-electron chi connectivity index (χ0n) is 13.0. The van der Waals surface area contributed by atoms with Gasteiger partial charge < -0.3 is 14.7 Å². The standard InChI is InChI=1S/C15H17F3N2O4/c1-14(13(22)23)4-2-6-20(8-14)12(21)10-3-5-19-11(7-10)24-9-15(16,17)18/h3,5,7H,2,4,6,8-9H2,1H3,(H,22,23). The summed E-state index contributed by atoms with van der Waals surface area (Å²) >= 11 is 0. The van der Waals surface area contributed by atoms with Crippen molar-refractivity contribution >= 4 is 11.9 Å². The number of rotatable bonds is 4. The maximum atomic E-state index is 12.5. The summed E-state index contributed by atoms with van der Waals surface area (Å²) in [4.78, 5) is 28.9. The number of aromatic nitrogens is 1. The fourth-order valence-corrected chi connectivity index (χ4v) is 2.55. The third-order valence-electron chi connectivity index (χ3n) is 3.87. The molecule has 1 unspecified atom stereocenters. The molecular weight excluding hydrogens is 329 g/mol. The van der Waals surface area contributed by atoms with Crippen molar-refractivity contribution in [3.8, 4) is 5.88 Å². The van der Waals surface area contributed by atoms with E-state index in [-0.39, 0.29) is 18.0 Å². The number of nitrogens with zero attached hydrogens (tertiary/aromatic N) is 2. The van der Waals surface area contributed by atoms with Gasteiger partial charge in [-0.25, -0.2) is 4.98 Å². The molecule has 1 aromatic heterocycles. The van der Waals surface area contributed by atoms with Crippen molar-refractivity contribution in [1.82, 2.24) is 9.88 Å². The second-order valence-electron chi connectivity index (χ2n) is 5.98. The van der Waals surface area contributed by atoms with Crippen LogP contribution in [0.4, 0.5) is 13.2 Å². The third kappa shape index (κ3) is 4.36. The zero-order valence-corrected chi connectivity index (χ0v) is 13.0. The smallest absolute Gasteiger partial charge is 0.422 e. The molecule has 9 heteroatoms. The maximum Gasteiger partial charge on any atom is 0.422 e. The third-order valence-corrected chi connectivity index (χ3v) is 3.87. The molecule has 1 atom stereocenters. The number of likely N-dealkylation sites (tertiary alicyclic amines) is 1. The number of carboxylic acids is 1. The highest BCUT2D eigenvalue weighted by Crippen LogP contribution is 2.30. The second kappa shape index (κ2) is 6.66. The molecule has 0 aromatic carbocycles. The molecule has 2 heterocycles. The molecular formula is C15H17F3N2O4. The van der Waals surface area contributed by atoms with Gasteiger partial charge in [0.15, 0.2) is 6.61 Å². The molecule has 0 saturated carbocycles. The predicted molar refractivity (Wildman–Crippen MR) is 76.7 cm³/mol. The molecule has 1 aliphatic rings. The summed E-state index contributed by atoms with van der Waals surface area (Å²) in [6, 6.07) is 2.48. The lowest BCUT2D eigenvalue weighted by molar-refractivity contribution is -0.154. The maximum absolute atomic E-state index is 12.5. The molecule has 0 spiro atoms. The van der Waals surface area contributed by atoms with Crippen LogP contribution < -0.4 is 4.74 Å². The van der Waals surface area contributed by atoms with Crippen LogP contribution in [0.2, 0.25) is 0 Å². The molecule has 132 valence electrons. The summed E-state index contributed by atoms with van der Waals surface area (Å²) < 4.78 is 41.0. The van der Waals surface area contributed by atoms with E-state index in [4.69, 9.17) is 0 Å². The van der Waals surface area contributed by atoms with Crippen LogP contribution in [-0.4, -0.2) is 52.7 Å². The largest absolute Gasteiger partial charge is 0.481 e. The first-order chi connectivity index (χ1) is 11.1. The first-order valence-electron chi connectivity index (χ1n) is 7.29. The second-order valence-corrected chi connectivity index (χ2v) is 5.98. The Morgan fingerprint density at radius 1 is 1.46 bits per heavy atom. The molecule has 0 aliphatic carbocycles. The Labute approximate surface area is 136 Å². The fourth-order valence-electron chi connectivity index (χ4n) is 2.55. The summed E-state index contributed by atoms with van der Waals surface area (Å²) in [5, 5.41) is 9.28. The minimum atomic E-state index is -4.50. The van der Waals surface area contributed by atoms with Gasteiger partial charge in [-0.1, -0.05) is 0 Å². The molecule has 1 aliphatic heterocycles. The number of pyridine rings is 1. The van der Waals surface area contributed by atoms with Gasteiger partial charge in [-0.2, -0.15) is 13.2 Å². The number of hydrogen-bond donors (Lipinski definition) is 1. The van der Waals surface area contributed by atoms with Crippen LogP contribution in [0.15, 0.2) is 18.3 Å². The van der Waals surface area contributed by atoms with Gasteiger partial charge in [0.05, 0.1) is 5.41 Å². The van der Waals surface area contributed by atoms with Gasteiger partial charge in [0.25, 0.3) is 5.91 Å². The van der Waals surface area contributed by atoms with E-state index in [1.54, 1.807) is 6.92 Å². The van der Waals surface area contributed by atoms with Crippen molar-refractivity contribution in [2.45, 2.75) is 25.9 Å². The summed E-state index contributed by atoms with van der Waals surface area (Å²) in [6.07, 6.45) is -2.32. The van der Waals surface area contributed by atoms with Crippen molar-refractivity contribution in [3.63, 3.8) is 0 Å². The Kier molecular flexibility index (Phi) is 5.00. The van der Waals surface area contributed by atoms with Crippen LogP contribution >= 0.6 is 0 Å². The number of aliphatic carboxylic acids is 1. The first-order valence-corrected chi connectivity index (χ1v) is 7.29. The number of amides is 1. The quantitative estimate of drug-likeness (QED) is 0.905. The lowest BCUT2D eigenvalue weighted by Gasteiger charge is -2.37. The van der Waals surface area contributed by atoms with Crippen LogP contribution in [0.3, 0.4) is 0 Å². The van der Waals surface area contributed by atoms with E-state index in [1.807, 2.05) is 0 Å². The molecule has 24 heavy (non-hydrogen) atoms. The molecule has 1 amide bonds. The zero-order chi connectivity index (χ0) is 18.0. The van der Waals surface area contributed by atoms with E-state index in [2.05, 4.69) is 9.72 Å². The Morgan fingerprint density at radius 3 is 2.79 bits per heavy atom. The molecule has 1 aromatic rings. The predicted octanol–water partition coefficient (Wildman–Crippen LogP) is 2.35. The molecule has 6 nitrogen and oxygen atoms in total. The number of carbonyl (C=O) groups is 2. The molecule has 1 N–H and O–H groups in total.